The average molecular weight is 473 g/mol. The molecule has 9 unspecified atom stereocenters. The van der Waals surface area contributed by atoms with Crippen molar-refractivity contribution < 1.29 is 20.1 Å². The largest absolute Gasteiger partial charge is 0.481 e. The van der Waals surface area contributed by atoms with Crippen LogP contribution in [0.25, 0.3) is 0 Å². The second-order valence-electron chi connectivity index (χ2n) is 15.0. The number of carboxylic acids is 1. The molecule has 0 spiro atoms. The third kappa shape index (κ3) is 2.71. The van der Waals surface area contributed by atoms with Gasteiger partial charge in [-0.2, -0.15) is 0 Å². The van der Waals surface area contributed by atoms with Crippen LogP contribution in [0.4, 0.5) is 0 Å². The lowest BCUT2D eigenvalue weighted by Crippen LogP contribution is -2.70. The molecule has 4 saturated carbocycles. The molecule has 0 heterocycles. The molecule has 0 radical (unpaired) electrons. The van der Waals surface area contributed by atoms with E-state index < -0.39 is 28.5 Å². The van der Waals surface area contributed by atoms with Crippen LogP contribution in [-0.4, -0.2) is 32.5 Å². The van der Waals surface area contributed by atoms with Gasteiger partial charge in [-0.1, -0.05) is 52.7 Å². The number of hydrogen-bond acceptors (Lipinski definition) is 3. The first-order chi connectivity index (χ1) is 15.5. The van der Waals surface area contributed by atoms with Crippen LogP contribution in [0.2, 0.25) is 0 Å². The summed E-state index contributed by atoms with van der Waals surface area (Å²) < 4.78 is 0. The van der Waals surface area contributed by atoms with E-state index in [-0.39, 0.29) is 10.8 Å². The van der Waals surface area contributed by atoms with Gasteiger partial charge in [0.25, 0.3) is 0 Å². The molecule has 9 atom stereocenters. The molecule has 4 nitrogen and oxygen atoms in total. The van der Waals surface area contributed by atoms with E-state index in [9.17, 15) is 20.1 Å². The highest BCUT2D eigenvalue weighted by atomic mass is 16.4. The minimum Gasteiger partial charge on any atom is -0.481 e. The van der Waals surface area contributed by atoms with Gasteiger partial charge in [-0.15, -0.1) is 0 Å². The van der Waals surface area contributed by atoms with Crippen LogP contribution in [0, 0.1) is 44.8 Å². The maximum atomic E-state index is 12.8. The number of allylic oxidation sites excluding steroid dienone is 1. The Morgan fingerprint density at radius 1 is 0.853 bits per heavy atom. The molecule has 0 bridgehead atoms. The zero-order chi connectivity index (χ0) is 25.2. The SMILES string of the molecule is CC1(C)CCCC2(C)C1CCC1(C)C2CC=C2C3C(C(=O)O)(CCC(C)(O)C3(C)O)CCC21C. The number of carboxylic acid groups (broad SMARTS) is 1. The highest BCUT2D eigenvalue weighted by Gasteiger charge is 2.72. The first-order valence-corrected chi connectivity index (χ1v) is 13.9. The van der Waals surface area contributed by atoms with Crippen LogP contribution >= 0.6 is 0 Å². The van der Waals surface area contributed by atoms with E-state index >= 15 is 0 Å². The smallest absolute Gasteiger partial charge is 0.310 e. The molecule has 5 aliphatic rings. The Bertz CT molecular complexity index is 930. The number of rotatable bonds is 1. The quantitative estimate of drug-likeness (QED) is 0.389. The third-order valence-corrected chi connectivity index (χ3v) is 13.3. The Morgan fingerprint density at radius 2 is 1.50 bits per heavy atom. The fourth-order valence-corrected chi connectivity index (χ4v) is 10.9. The van der Waals surface area contributed by atoms with E-state index in [0.29, 0.717) is 36.0 Å². The van der Waals surface area contributed by atoms with Crippen LogP contribution in [0.3, 0.4) is 0 Å². The topological polar surface area (TPSA) is 77.8 Å². The normalized spacial score (nSPS) is 56.3. The zero-order valence-corrected chi connectivity index (χ0v) is 22.6. The van der Waals surface area contributed by atoms with E-state index in [2.05, 4.69) is 40.7 Å². The molecule has 0 aromatic heterocycles. The lowest BCUT2D eigenvalue weighted by Gasteiger charge is -2.71. The summed E-state index contributed by atoms with van der Waals surface area (Å²) in [6.45, 7) is 15.8. The van der Waals surface area contributed by atoms with Gasteiger partial charge in [-0.05, 0) is 105 Å². The van der Waals surface area contributed by atoms with Crippen molar-refractivity contribution in [3.63, 3.8) is 0 Å². The lowest BCUT2D eigenvalue weighted by atomic mass is 9.33. The van der Waals surface area contributed by atoms with Gasteiger partial charge in [-0.3, -0.25) is 4.79 Å². The molecule has 34 heavy (non-hydrogen) atoms. The average Bonchev–Trinajstić information content (AvgIpc) is 2.70. The van der Waals surface area contributed by atoms with Gasteiger partial charge in [0.2, 0.25) is 0 Å². The summed E-state index contributed by atoms with van der Waals surface area (Å²) in [4.78, 5) is 12.8. The maximum Gasteiger partial charge on any atom is 0.310 e. The summed E-state index contributed by atoms with van der Waals surface area (Å²) in [6, 6.07) is 0. The van der Waals surface area contributed by atoms with Crippen molar-refractivity contribution in [3.8, 4) is 0 Å². The van der Waals surface area contributed by atoms with Crippen molar-refractivity contribution in [3.05, 3.63) is 11.6 Å². The number of fused-ring (bicyclic) bond motifs is 7. The van der Waals surface area contributed by atoms with E-state index in [4.69, 9.17) is 0 Å². The van der Waals surface area contributed by atoms with Gasteiger partial charge >= 0.3 is 5.97 Å². The molecule has 0 saturated heterocycles. The van der Waals surface area contributed by atoms with Crippen molar-refractivity contribution in [2.45, 2.75) is 124 Å². The van der Waals surface area contributed by atoms with Gasteiger partial charge in [-0.25, -0.2) is 0 Å². The molecule has 4 heteroatoms. The van der Waals surface area contributed by atoms with Gasteiger partial charge in [0.15, 0.2) is 0 Å². The lowest BCUT2D eigenvalue weighted by molar-refractivity contribution is -0.241. The van der Waals surface area contributed by atoms with Crippen molar-refractivity contribution in [2.75, 3.05) is 0 Å². The molecule has 5 rings (SSSR count). The van der Waals surface area contributed by atoms with Crippen LogP contribution in [-0.2, 0) is 4.79 Å². The summed E-state index contributed by atoms with van der Waals surface area (Å²) in [6.07, 6.45) is 11.8. The van der Waals surface area contributed by atoms with Crippen molar-refractivity contribution >= 4 is 5.97 Å². The van der Waals surface area contributed by atoms with E-state index in [0.717, 1.165) is 24.3 Å². The Hall–Kier alpha value is -0.870. The van der Waals surface area contributed by atoms with Gasteiger partial charge in [0.1, 0.15) is 0 Å². The number of hydrogen-bond donors (Lipinski definition) is 3. The zero-order valence-electron chi connectivity index (χ0n) is 22.6. The van der Waals surface area contributed by atoms with Gasteiger partial charge in [0.05, 0.1) is 16.6 Å². The van der Waals surface area contributed by atoms with Crippen LogP contribution in [0.1, 0.15) is 113 Å². The van der Waals surface area contributed by atoms with Crippen LogP contribution < -0.4 is 0 Å². The summed E-state index contributed by atoms with van der Waals surface area (Å²) in [5, 5.41) is 33.7. The molecule has 0 aromatic carbocycles. The van der Waals surface area contributed by atoms with E-state index in [1.54, 1.807) is 13.8 Å². The molecule has 0 aliphatic heterocycles. The summed E-state index contributed by atoms with van der Waals surface area (Å²) in [7, 11) is 0. The molecular formula is C30H48O4. The highest BCUT2D eigenvalue weighted by Crippen LogP contribution is 2.76. The monoisotopic (exact) mass is 472 g/mol. The molecule has 4 fully saturated rings. The highest BCUT2D eigenvalue weighted by molar-refractivity contribution is 5.77. The second-order valence-corrected chi connectivity index (χ2v) is 15.0. The number of aliphatic carboxylic acids is 1. The standard InChI is InChI=1S/C30H48O4/c1-24(2)12-8-13-25(3)20(24)11-14-27(5)21(25)10-9-19-22-29(7,34)28(6,33)16-18-30(22,23(31)32)17-15-26(19,27)4/h9,20-22,33-34H,8,10-18H2,1-7H3,(H,31,32). The minimum atomic E-state index is -1.48. The molecule has 0 amide bonds. The summed E-state index contributed by atoms with van der Waals surface area (Å²) in [5.74, 6) is -0.0525. The van der Waals surface area contributed by atoms with Crippen molar-refractivity contribution in [1.82, 2.24) is 0 Å². The Kier molecular flexibility index (Phi) is 5.04. The predicted molar refractivity (Wildman–Crippen MR) is 134 cm³/mol. The summed E-state index contributed by atoms with van der Waals surface area (Å²) >= 11 is 0. The fraction of sp³-hybridized carbons (Fsp3) is 0.900. The first kappa shape index (κ1) is 24.8. The Morgan fingerprint density at radius 3 is 2.15 bits per heavy atom. The van der Waals surface area contributed by atoms with Crippen LogP contribution in [0.15, 0.2) is 11.6 Å². The van der Waals surface area contributed by atoms with Gasteiger partial charge in [0, 0.05) is 5.92 Å². The number of carbonyl (C=O) groups is 1. The molecule has 5 aliphatic carbocycles. The first-order valence-electron chi connectivity index (χ1n) is 13.9. The fourth-order valence-electron chi connectivity index (χ4n) is 10.9. The molecular weight excluding hydrogens is 424 g/mol. The minimum absolute atomic E-state index is 0.0692. The van der Waals surface area contributed by atoms with Crippen molar-refractivity contribution in [2.24, 2.45) is 44.8 Å². The Labute approximate surface area is 206 Å². The van der Waals surface area contributed by atoms with Crippen molar-refractivity contribution in [1.29, 1.82) is 0 Å². The van der Waals surface area contributed by atoms with Crippen LogP contribution in [0.5, 0.6) is 0 Å². The predicted octanol–water partition coefficient (Wildman–Crippen LogP) is 6.35. The van der Waals surface area contributed by atoms with Gasteiger partial charge < -0.3 is 15.3 Å². The molecule has 3 N–H and O–H groups in total. The van der Waals surface area contributed by atoms with E-state index in [1.807, 2.05) is 0 Å². The number of aliphatic hydroxyl groups is 2. The third-order valence-electron chi connectivity index (χ3n) is 13.3. The van der Waals surface area contributed by atoms with E-state index in [1.165, 1.54) is 32.1 Å². The maximum absolute atomic E-state index is 12.8. The molecule has 0 aromatic rings. The second kappa shape index (κ2) is 6.91. The molecule has 192 valence electrons. The summed E-state index contributed by atoms with van der Waals surface area (Å²) in [5.41, 5.74) is -2.06. The Balaban J connectivity index is 1.66.